The van der Waals surface area contributed by atoms with Crippen LogP contribution < -0.4 is 5.32 Å². The standard InChI is InChI=1S/C22H22N2O5/c1-28-22(27)19(11-15-7-3-2-4-8-15)24-20(25)14-29-21(26)12-16-13-23-18-10-6-5-9-17(16)18/h2-10,13,19,23H,11-12,14H2,1H3,(H,24,25)/t19-/m0/s1. The van der Waals surface area contributed by atoms with Crippen LogP contribution in [0.25, 0.3) is 10.9 Å². The molecule has 0 saturated heterocycles. The molecule has 0 saturated carbocycles. The van der Waals surface area contributed by atoms with E-state index in [1.54, 1.807) is 6.20 Å². The van der Waals surface area contributed by atoms with Gasteiger partial charge in [-0.25, -0.2) is 4.79 Å². The number of hydrogen-bond donors (Lipinski definition) is 2. The summed E-state index contributed by atoms with van der Waals surface area (Å²) in [6.07, 6.45) is 2.07. The fourth-order valence-electron chi connectivity index (χ4n) is 3.05. The maximum absolute atomic E-state index is 12.2. The fourth-order valence-corrected chi connectivity index (χ4v) is 3.05. The number of esters is 2. The van der Waals surface area contributed by atoms with Gasteiger partial charge in [0.2, 0.25) is 0 Å². The molecule has 1 atom stereocenters. The number of carbonyl (C=O) groups is 3. The zero-order valence-corrected chi connectivity index (χ0v) is 16.0. The van der Waals surface area contributed by atoms with Gasteiger partial charge in [-0.1, -0.05) is 48.5 Å². The van der Waals surface area contributed by atoms with Crippen molar-refractivity contribution in [2.75, 3.05) is 13.7 Å². The van der Waals surface area contributed by atoms with Crippen LogP contribution in [0.4, 0.5) is 0 Å². The van der Waals surface area contributed by atoms with E-state index in [1.165, 1.54) is 7.11 Å². The first-order valence-corrected chi connectivity index (χ1v) is 9.18. The van der Waals surface area contributed by atoms with Crippen molar-refractivity contribution in [3.8, 4) is 0 Å². The van der Waals surface area contributed by atoms with Crippen LogP contribution in [0.2, 0.25) is 0 Å². The lowest BCUT2D eigenvalue weighted by Crippen LogP contribution is -2.44. The lowest BCUT2D eigenvalue weighted by molar-refractivity contribution is -0.149. The number of H-pyrrole nitrogens is 1. The van der Waals surface area contributed by atoms with E-state index in [1.807, 2.05) is 54.6 Å². The first-order valence-electron chi connectivity index (χ1n) is 9.18. The van der Waals surface area contributed by atoms with Gasteiger partial charge in [0.05, 0.1) is 13.5 Å². The highest BCUT2D eigenvalue weighted by atomic mass is 16.5. The molecule has 29 heavy (non-hydrogen) atoms. The van der Waals surface area contributed by atoms with Crippen molar-refractivity contribution in [1.82, 2.24) is 10.3 Å². The van der Waals surface area contributed by atoms with Crippen LogP contribution in [0.1, 0.15) is 11.1 Å². The zero-order chi connectivity index (χ0) is 20.6. The number of carbonyl (C=O) groups excluding carboxylic acids is 3. The Kier molecular flexibility index (Phi) is 6.63. The minimum absolute atomic E-state index is 0.0434. The summed E-state index contributed by atoms with van der Waals surface area (Å²) < 4.78 is 9.83. The summed E-state index contributed by atoms with van der Waals surface area (Å²) in [6, 6.07) is 16.0. The number of rotatable bonds is 8. The highest BCUT2D eigenvalue weighted by Crippen LogP contribution is 2.18. The van der Waals surface area contributed by atoms with Crippen LogP contribution in [0.15, 0.2) is 60.8 Å². The lowest BCUT2D eigenvalue weighted by atomic mass is 10.1. The summed E-state index contributed by atoms with van der Waals surface area (Å²) in [5.74, 6) is -1.65. The van der Waals surface area contributed by atoms with Gasteiger partial charge >= 0.3 is 11.9 Å². The summed E-state index contributed by atoms with van der Waals surface area (Å²) in [4.78, 5) is 39.4. The van der Waals surface area contributed by atoms with E-state index >= 15 is 0 Å². The zero-order valence-electron chi connectivity index (χ0n) is 16.0. The van der Waals surface area contributed by atoms with E-state index in [-0.39, 0.29) is 12.8 Å². The van der Waals surface area contributed by atoms with Crippen LogP contribution in [0, 0.1) is 0 Å². The van der Waals surface area contributed by atoms with Gasteiger partial charge in [-0.15, -0.1) is 0 Å². The second-order valence-electron chi connectivity index (χ2n) is 6.53. The van der Waals surface area contributed by atoms with Crippen molar-refractivity contribution in [3.05, 3.63) is 71.9 Å². The molecule has 2 aromatic carbocycles. The highest BCUT2D eigenvalue weighted by Gasteiger charge is 2.22. The minimum Gasteiger partial charge on any atom is -0.467 e. The maximum atomic E-state index is 12.2. The number of amides is 1. The fraction of sp³-hybridized carbons (Fsp3) is 0.227. The molecule has 7 nitrogen and oxygen atoms in total. The molecule has 1 heterocycles. The number of aromatic amines is 1. The van der Waals surface area contributed by atoms with Gasteiger partial charge in [-0.3, -0.25) is 9.59 Å². The van der Waals surface area contributed by atoms with Gasteiger partial charge in [0.25, 0.3) is 5.91 Å². The third-order valence-electron chi connectivity index (χ3n) is 4.48. The van der Waals surface area contributed by atoms with Gasteiger partial charge in [-0.05, 0) is 17.2 Å². The third-order valence-corrected chi connectivity index (χ3v) is 4.48. The first-order chi connectivity index (χ1) is 14.1. The minimum atomic E-state index is -0.859. The van der Waals surface area contributed by atoms with Crippen molar-refractivity contribution in [1.29, 1.82) is 0 Å². The van der Waals surface area contributed by atoms with Crippen molar-refractivity contribution < 1.29 is 23.9 Å². The van der Waals surface area contributed by atoms with Gasteiger partial charge in [0, 0.05) is 23.5 Å². The quantitative estimate of drug-likeness (QED) is 0.571. The number of hydrogen-bond acceptors (Lipinski definition) is 5. The topological polar surface area (TPSA) is 97.5 Å². The molecule has 1 aromatic heterocycles. The number of para-hydroxylation sites is 1. The Bertz CT molecular complexity index is 997. The Morgan fingerprint density at radius 2 is 1.76 bits per heavy atom. The molecule has 1 amide bonds. The van der Waals surface area contributed by atoms with Gasteiger partial charge in [0.1, 0.15) is 6.04 Å². The van der Waals surface area contributed by atoms with Crippen molar-refractivity contribution in [3.63, 3.8) is 0 Å². The Hall–Kier alpha value is -3.61. The molecule has 0 fully saturated rings. The Morgan fingerprint density at radius 1 is 1.03 bits per heavy atom. The van der Waals surface area contributed by atoms with Gasteiger partial charge < -0.3 is 19.8 Å². The second-order valence-corrected chi connectivity index (χ2v) is 6.53. The molecular weight excluding hydrogens is 372 g/mol. The predicted octanol–water partition coefficient (Wildman–Crippen LogP) is 2.15. The van der Waals surface area contributed by atoms with E-state index in [4.69, 9.17) is 9.47 Å². The average molecular weight is 394 g/mol. The van der Waals surface area contributed by atoms with Gasteiger partial charge in [-0.2, -0.15) is 0 Å². The van der Waals surface area contributed by atoms with Crippen LogP contribution in [0.3, 0.4) is 0 Å². The van der Waals surface area contributed by atoms with E-state index in [0.717, 1.165) is 22.0 Å². The summed E-state index contributed by atoms with van der Waals surface area (Å²) in [5.41, 5.74) is 2.59. The predicted molar refractivity (Wildman–Crippen MR) is 107 cm³/mol. The second kappa shape index (κ2) is 9.54. The van der Waals surface area contributed by atoms with Crippen molar-refractivity contribution >= 4 is 28.7 Å². The maximum Gasteiger partial charge on any atom is 0.328 e. The molecule has 0 spiro atoms. The lowest BCUT2D eigenvalue weighted by Gasteiger charge is -2.16. The molecule has 0 bridgehead atoms. The summed E-state index contributed by atoms with van der Waals surface area (Å²) in [7, 11) is 1.26. The van der Waals surface area contributed by atoms with Crippen LogP contribution in [-0.4, -0.2) is 42.6 Å². The molecule has 2 N–H and O–H groups in total. The van der Waals surface area contributed by atoms with E-state index in [9.17, 15) is 14.4 Å². The van der Waals surface area contributed by atoms with Crippen LogP contribution in [0.5, 0.6) is 0 Å². The first kappa shape index (κ1) is 20.1. The molecule has 0 aliphatic heterocycles. The number of aromatic nitrogens is 1. The molecule has 150 valence electrons. The highest BCUT2D eigenvalue weighted by molar-refractivity contribution is 5.89. The van der Waals surface area contributed by atoms with Crippen molar-refractivity contribution in [2.45, 2.75) is 18.9 Å². The number of methoxy groups -OCH3 is 1. The monoisotopic (exact) mass is 394 g/mol. The largest absolute Gasteiger partial charge is 0.467 e. The molecule has 0 aliphatic carbocycles. The summed E-state index contributed by atoms with van der Waals surface area (Å²) in [6.45, 7) is -0.469. The molecule has 3 aromatic rings. The average Bonchev–Trinajstić information content (AvgIpc) is 3.15. The SMILES string of the molecule is COC(=O)[C@H](Cc1ccccc1)NC(=O)COC(=O)Cc1c[nH]c2ccccc12. The summed E-state index contributed by atoms with van der Waals surface area (Å²) >= 11 is 0. The van der Waals surface area contributed by atoms with Crippen LogP contribution >= 0.6 is 0 Å². The van der Waals surface area contributed by atoms with Crippen LogP contribution in [-0.2, 0) is 36.7 Å². The summed E-state index contributed by atoms with van der Waals surface area (Å²) in [5, 5.41) is 3.50. The Morgan fingerprint density at radius 3 is 2.52 bits per heavy atom. The molecule has 7 heteroatoms. The normalized spacial score (nSPS) is 11.6. The molecule has 0 radical (unpaired) electrons. The van der Waals surface area contributed by atoms with E-state index in [0.29, 0.717) is 0 Å². The smallest absolute Gasteiger partial charge is 0.328 e. The Balaban J connectivity index is 1.53. The molecule has 3 rings (SSSR count). The molecule has 0 aliphatic rings. The number of benzene rings is 2. The van der Waals surface area contributed by atoms with E-state index < -0.39 is 30.5 Å². The van der Waals surface area contributed by atoms with Gasteiger partial charge in [0.15, 0.2) is 6.61 Å². The Labute approximate surface area is 168 Å². The van der Waals surface area contributed by atoms with E-state index in [2.05, 4.69) is 10.3 Å². The number of ether oxygens (including phenoxy) is 2. The van der Waals surface area contributed by atoms with Crippen molar-refractivity contribution in [2.24, 2.45) is 0 Å². The number of nitrogens with one attached hydrogen (secondary N) is 2. The molecule has 0 unspecified atom stereocenters. The number of fused-ring (bicyclic) bond motifs is 1. The third kappa shape index (κ3) is 5.44. The molecular formula is C22H22N2O5.